The summed E-state index contributed by atoms with van der Waals surface area (Å²) in [5.41, 5.74) is 17.6. The lowest BCUT2D eigenvalue weighted by atomic mass is 9.96. The number of halogens is 1. The van der Waals surface area contributed by atoms with Crippen molar-refractivity contribution in [2.24, 2.45) is 5.73 Å². The van der Waals surface area contributed by atoms with Crippen molar-refractivity contribution in [2.45, 2.75) is 26.8 Å². The van der Waals surface area contributed by atoms with E-state index in [-0.39, 0.29) is 6.04 Å². The molecule has 0 spiro atoms. The third-order valence-electron chi connectivity index (χ3n) is 3.24. The molecule has 0 saturated carbocycles. The number of anilines is 1. The van der Waals surface area contributed by atoms with E-state index in [9.17, 15) is 0 Å². The second-order valence-electron chi connectivity index (χ2n) is 4.93. The van der Waals surface area contributed by atoms with E-state index >= 15 is 0 Å². The number of nitrogens with zero attached hydrogens (tertiary/aromatic N) is 1. The highest BCUT2D eigenvalue weighted by Gasteiger charge is 2.15. The molecule has 100 valence electrons. The molecular weight excluding hydrogens is 302 g/mol. The minimum absolute atomic E-state index is 0.252. The largest absolute Gasteiger partial charge is 0.383 e. The van der Waals surface area contributed by atoms with E-state index in [1.807, 2.05) is 13.0 Å². The second-order valence-corrected chi connectivity index (χ2v) is 5.73. The summed E-state index contributed by atoms with van der Waals surface area (Å²) < 4.78 is 1.12. The van der Waals surface area contributed by atoms with Crippen LogP contribution in [0, 0.1) is 20.8 Å². The minimum atomic E-state index is -0.252. The van der Waals surface area contributed by atoms with Crippen LogP contribution in [0.3, 0.4) is 0 Å². The maximum Gasteiger partial charge on any atom is 0.128 e. The van der Waals surface area contributed by atoms with E-state index in [0.717, 1.165) is 21.2 Å². The Morgan fingerprint density at radius 1 is 1.11 bits per heavy atom. The number of hydrogen-bond donors (Lipinski definition) is 2. The average Bonchev–Trinajstić information content (AvgIpc) is 2.37. The Labute approximate surface area is 122 Å². The second kappa shape index (κ2) is 5.31. The number of rotatable bonds is 2. The summed E-state index contributed by atoms with van der Waals surface area (Å²) in [6.45, 7) is 6.11. The highest BCUT2D eigenvalue weighted by Crippen LogP contribution is 2.29. The minimum Gasteiger partial charge on any atom is -0.383 e. The van der Waals surface area contributed by atoms with Gasteiger partial charge >= 0.3 is 0 Å². The van der Waals surface area contributed by atoms with Crippen molar-refractivity contribution >= 4 is 21.7 Å². The van der Waals surface area contributed by atoms with Crippen LogP contribution >= 0.6 is 15.9 Å². The molecule has 4 N–H and O–H groups in total. The van der Waals surface area contributed by atoms with Crippen molar-refractivity contribution in [3.05, 3.63) is 56.7 Å². The molecular formula is C15H18BrN3. The fraction of sp³-hybridized carbons (Fsp3) is 0.267. The molecule has 2 rings (SSSR count). The van der Waals surface area contributed by atoms with Gasteiger partial charge in [-0.15, -0.1) is 0 Å². The molecule has 2 aromatic rings. The molecule has 1 unspecified atom stereocenters. The maximum atomic E-state index is 6.34. The third kappa shape index (κ3) is 2.80. The summed E-state index contributed by atoms with van der Waals surface area (Å²) in [6, 6.07) is 5.92. The van der Waals surface area contributed by atoms with Crippen molar-refractivity contribution < 1.29 is 0 Å². The lowest BCUT2D eigenvalue weighted by Gasteiger charge is -2.17. The smallest absolute Gasteiger partial charge is 0.128 e. The van der Waals surface area contributed by atoms with Gasteiger partial charge in [-0.2, -0.15) is 0 Å². The molecule has 0 aliphatic heterocycles. The van der Waals surface area contributed by atoms with Crippen molar-refractivity contribution in [1.29, 1.82) is 0 Å². The molecule has 0 radical (unpaired) electrons. The van der Waals surface area contributed by atoms with Crippen LogP contribution in [0.25, 0.3) is 0 Å². The van der Waals surface area contributed by atoms with Gasteiger partial charge in [-0.3, -0.25) is 0 Å². The number of aromatic nitrogens is 1. The average molecular weight is 320 g/mol. The third-order valence-corrected chi connectivity index (χ3v) is 4.49. The fourth-order valence-electron chi connectivity index (χ4n) is 2.19. The molecule has 3 nitrogen and oxygen atoms in total. The summed E-state index contributed by atoms with van der Waals surface area (Å²) in [7, 11) is 0. The molecule has 0 fully saturated rings. The molecule has 1 aromatic carbocycles. The number of nitrogens with two attached hydrogens (primary N) is 2. The van der Waals surface area contributed by atoms with Crippen LogP contribution in [0.2, 0.25) is 0 Å². The first-order chi connectivity index (χ1) is 8.90. The SMILES string of the molecule is Cc1cnc(N)c(C(N)c2cc(C)c(Br)c(C)c2)c1. The van der Waals surface area contributed by atoms with Gasteiger partial charge in [0.05, 0.1) is 6.04 Å². The van der Waals surface area contributed by atoms with Crippen molar-refractivity contribution in [3.8, 4) is 0 Å². The predicted octanol–water partition coefficient (Wildman–Crippen LogP) is 3.40. The first-order valence-electron chi connectivity index (χ1n) is 6.14. The van der Waals surface area contributed by atoms with Crippen LogP contribution in [-0.4, -0.2) is 4.98 Å². The molecule has 1 heterocycles. The predicted molar refractivity (Wildman–Crippen MR) is 83.0 cm³/mol. The van der Waals surface area contributed by atoms with E-state index in [2.05, 4.69) is 46.9 Å². The van der Waals surface area contributed by atoms with Crippen LogP contribution in [0.5, 0.6) is 0 Å². The first-order valence-corrected chi connectivity index (χ1v) is 6.93. The number of hydrogen-bond acceptors (Lipinski definition) is 3. The molecule has 0 bridgehead atoms. The molecule has 0 saturated heterocycles. The Hall–Kier alpha value is -1.39. The zero-order valence-electron chi connectivity index (χ0n) is 11.4. The molecule has 0 aliphatic carbocycles. The molecule has 0 amide bonds. The number of nitrogen functional groups attached to an aromatic ring is 1. The van der Waals surface area contributed by atoms with E-state index < -0.39 is 0 Å². The van der Waals surface area contributed by atoms with Gasteiger partial charge in [0, 0.05) is 16.2 Å². The van der Waals surface area contributed by atoms with Gasteiger partial charge in [0.2, 0.25) is 0 Å². The summed E-state index contributed by atoms with van der Waals surface area (Å²) in [4.78, 5) is 4.18. The zero-order chi connectivity index (χ0) is 14.2. The first kappa shape index (κ1) is 14.0. The van der Waals surface area contributed by atoms with Crippen molar-refractivity contribution in [3.63, 3.8) is 0 Å². The topological polar surface area (TPSA) is 64.9 Å². The molecule has 1 aromatic heterocycles. The van der Waals surface area contributed by atoms with Gasteiger partial charge in [0.15, 0.2) is 0 Å². The summed E-state index contributed by atoms with van der Waals surface area (Å²) >= 11 is 3.57. The van der Waals surface area contributed by atoms with E-state index in [1.165, 1.54) is 11.1 Å². The van der Waals surface area contributed by atoms with E-state index in [1.54, 1.807) is 6.20 Å². The Morgan fingerprint density at radius 2 is 1.68 bits per heavy atom. The monoisotopic (exact) mass is 319 g/mol. The highest BCUT2D eigenvalue weighted by atomic mass is 79.9. The molecule has 0 aliphatic rings. The quantitative estimate of drug-likeness (QED) is 0.891. The van der Waals surface area contributed by atoms with Crippen molar-refractivity contribution in [1.82, 2.24) is 4.98 Å². The fourth-order valence-corrected chi connectivity index (χ4v) is 2.42. The van der Waals surface area contributed by atoms with Crippen LogP contribution in [0.4, 0.5) is 5.82 Å². The molecule has 19 heavy (non-hydrogen) atoms. The number of aryl methyl sites for hydroxylation is 3. The Kier molecular flexibility index (Phi) is 3.92. The van der Waals surface area contributed by atoms with E-state index in [4.69, 9.17) is 11.5 Å². The van der Waals surface area contributed by atoms with Gasteiger partial charge < -0.3 is 11.5 Å². The zero-order valence-corrected chi connectivity index (χ0v) is 13.0. The van der Waals surface area contributed by atoms with Crippen molar-refractivity contribution in [2.75, 3.05) is 5.73 Å². The van der Waals surface area contributed by atoms with Crippen LogP contribution in [0.15, 0.2) is 28.9 Å². The Balaban J connectivity index is 2.49. The van der Waals surface area contributed by atoms with Gasteiger partial charge in [-0.25, -0.2) is 4.98 Å². The number of pyridine rings is 1. The number of benzene rings is 1. The molecule has 1 atom stereocenters. The van der Waals surface area contributed by atoms with Gasteiger partial charge in [-0.05, 0) is 49.1 Å². The Bertz CT molecular complexity index is 600. The molecule has 4 heteroatoms. The highest BCUT2D eigenvalue weighted by molar-refractivity contribution is 9.10. The lowest BCUT2D eigenvalue weighted by Crippen LogP contribution is -2.15. The lowest BCUT2D eigenvalue weighted by molar-refractivity contribution is 0.861. The summed E-state index contributed by atoms with van der Waals surface area (Å²) in [5.74, 6) is 0.497. The summed E-state index contributed by atoms with van der Waals surface area (Å²) in [6.07, 6.45) is 1.75. The van der Waals surface area contributed by atoms with Crippen LogP contribution < -0.4 is 11.5 Å². The van der Waals surface area contributed by atoms with Gasteiger partial charge in [0.1, 0.15) is 5.82 Å². The maximum absolute atomic E-state index is 6.34. The summed E-state index contributed by atoms with van der Waals surface area (Å²) in [5, 5.41) is 0. The van der Waals surface area contributed by atoms with E-state index in [0.29, 0.717) is 5.82 Å². The van der Waals surface area contributed by atoms with Gasteiger partial charge in [-0.1, -0.05) is 28.1 Å². The Morgan fingerprint density at radius 3 is 2.26 bits per heavy atom. The van der Waals surface area contributed by atoms with Crippen LogP contribution in [0.1, 0.15) is 33.9 Å². The van der Waals surface area contributed by atoms with Gasteiger partial charge in [0.25, 0.3) is 0 Å². The van der Waals surface area contributed by atoms with Crippen LogP contribution in [-0.2, 0) is 0 Å². The normalized spacial score (nSPS) is 12.5. The standard InChI is InChI=1S/C15H18BrN3/c1-8-4-12(15(18)19-7-8)14(17)11-5-9(2)13(16)10(3)6-11/h4-7,14H,17H2,1-3H3,(H2,18,19).